The van der Waals surface area contributed by atoms with Crippen LogP contribution >= 0.6 is 0 Å². The van der Waals surface area contributed by atoms with Crippen LogP contribution in [0.3, 0.4) is 0 Å². The predicted octanol–water partition coefficient (Wildman–Crippen LogP) is 4.38. The number of likely N-dealkylation sites (tertiary alicyclic amines) is 1. The van der Waals surface area contributed by atoms with Gasteiger partial charge < -0.3 is 15.0 Å². The van der Waals surface area contributed by atoms with E-state index in [1.165, 1.54) is 0 Å². The summed E-state index contributed by atoms with van der Waals surface area (Å²) in [6.07, 6.45) is 6.26. The molecule has 1 fully saturated rings. The van der Waals surface area contributed by atoms with Crippen molar-refractivity contribution in [2.24, 2.45) is 0 Å². The van der Waals surface area contributed by atoms with E-state index in [4.69, 9.17) is 9.84 Å². The number of aromatic nitrogens is 2. The number of hydrogen-bond acceptors (Lipinski definition) is 4. The first kappa shape index (κ1) is 23.5. The fourth-order valence-electron chi connectivity index (χ4n) is 4.20. The molecule has 3 aromatic rings. The molecule has 7 nitrogen and oxygen atoms in total. The molecule has 2 aromatic carbocycles. The largest absolute Gasteiger partial charge is 0.497 e. The summed E-state index contributed by atoms with van der Waals surface area (Å²) < 4.78 is 7.10. The summed E-state index contributed by atoms with van der Waals surface area (Å²) in [5.74, 6) is 0.748. The Labute approximate surface area is 200 Å². The number of hydrogen-bond donors (Lipinski definition) is 1. The topological polar surface area (TPSA) is 76.5 Å². The Hall–Kier alpha value is -3.61. The van der Waals surface area contributed by atoms with Gasteiger partial charge in [0.1, 0.15) is 11.4 Å². The molecule has 2 amide bonds. The van der Waals surface area contributed by atoms with Gasteiger partial charge in [-0.05, 0) is 50.5 Å². The average Bonchev–Trinajstić information content (AvgIpc) is 3.20. The smallest absolute Gasteiger partial charge is 0.255 e. The molecule has 0 atom stereocenters. The van der Waals surface area contributed by atoms with Gasteiger partial charge in [-0.1, -0.05) is 36.2 Å². The Kier molecular flexibility index (Phi) is 7.62. The van der Waals surface area contributed by atoms with Crippen LogP contribution in [0.15, 0.2) is 54.7 Å². The van der Waals surface area contributed by atoms with Crippen molar-refractivity contribution in [2.45, 2.75) is 39.0 Å². The minimum absolute atomic E-state index is 0.182. The molecule has 7 heteroatoms. The molecule has 1 aromatic heterocycles. The van der Waals surface area contributed by atoms with Crippen molar-refractivity contribution in [1.82, 2.24) is 20.0 Å². The number of amides is 2. The van der Waals surface area contributed by atoms with Crippen molar-refractivity contribution in [3.63, 3.8) is 0 Å². The quantitative estimate of drug-likeness (QED) is 0.506. The number of benzene rings is 2. The van der Waals surface area contributed by atoms with Crippen molar-refractivity contribution < 1.29 is 14.3 Å². The van der Waals surface area contributed by atoms with E-state index >= 15 is 0 Å². The molecule has 0 bridgehead atoms. The van der Waals surface area contributed by atoms with E-state index in [1.54, 1.807) is 18.0 Å². The Morgan fingerprint density at radius 2 is 1.94 bits per heavy atom. The molecule has 0 spiro atoms. The average molecular weight is 461 g/mol. The zero-order valence-electron chi connectivity index (χ0n) is 19.9. The fourth-order valence-corrected chi connectivity index (χ4v) is 4.20. The summed E-state index contributed by atoms with van der Waals surface area (Å²) in [5, 5.41) is 7.77. The minimum atomic E-state index is -0.182. The van der Waals surface area contributed by atoms with E-state index in [0.29, 0.717) is 36.5 Å². The molecule has 0 aliphatic carbocycles. The maximum Gasteiger partial charge on any atom is 0.255 e. The van der Waals surface area contributed by atoms with Gasteiger partial charge in [-0.25, -0.2) is 4.68 Å². The molecular formula is C27H32N4O3. The second-order valence-corrected chi connectivity index (χ2v) is 8.70. The Bertz CT molecular complexity index is 1140. The highest BCUT2D eigenvalue weighted by atomic mass is 16.5. The van der Waals surface area contributed by atoms with Gasteiger partial charge in [-0.15, -0.1) is 0 Å². The van der Waals surface area contributed by atoms with Crippen molar-refractivity contribution in [1.29, 1.82) is 0 Å². The molecular weight excluding hydrogens is 428 g/mol. The molecule has 0 radical (unpaired) electrons. The number of aryl methyl sites for hydroxylation is 1. The van der Waals surface area contributed by atoms with Crippen LogP contribution in [0, 0.1) is 6.92 Å². The summed E-state index contributed by atoms with van der Waals surface area (Å²) >= 11 is 0. The number of carbonyl (C=O) groups is 2. The SMILES string of the molecule is COc1cccc(-c2nn(-c3ccc(C)cc3)cc2C(=O)NCCCN2CCCCCC2=O)c1. The molecule has 1 aliphatic rings. The molecule has 178 valence electrons. The van der Waals surface area contributed by atoms with Crippen LogP contribution in [0.5, 0.6) is 5.75 Å². The van der Waals surface area contributed by atoms with Crippen molar-refractivity contribution in [3.8, 4) is 22.7 Å². The minimum Gasteiger partial charge on any atom is -0.497 e. The van der Waals surface area contributed by atoms with Crippen molar-refractivity contribution >= 4 is 11.8 Å². The lowest BCUT2D eigenvalue weighted by Gasteiger charge is -2.20. The molecule has 2 heterocycles. The van der Waals surface area contributed by atoms with Crippen molar-refractivity contribution in [2.75, 3.05) is 26.7 Å². The normalized spacial score (nSPS) is 14.1. The van der Waals surface area contributed by atoms with E-state index < -0.39 is 0 Å². The number of nitrogens with zero attached hydrogens (tertiary/aromatic N) is 3. The molecule has 1 aliphatic heterocycles. The van der Waals surface area contributed by atoms with E-state index in [0.717, 1.165) is 49.0 Å². The van der Waals surface area contributed by atoms with Gasteiger partial charge in [-0.3, -0.25) is 9.59 Å². The third-order valence-electron chi connectivity index (χ3n) is 6.16. The van der Waals surface area contributed by atoms with E-state index in [1.807, 2.05) is 60.4 Å². The van der Waals surface area contributed by atoms with Crippen LogP contribution in [0.1, 0.15) is 48.0 Å². The van der Waals surface area contributed by atoms with E-state index in [9.17, 15) is 9.59 Å². The van der Waals surface area contributed by atoms with Crippen LogP contribution in [-0.2, 0) is 4.79 Å². The van der Waals surface area contributed by atoms with Gasteiger partial charge in [0, 0.05) is 37.8 Å². The summed E-state index contributed by atoms with van der Waals surface area (Å²) in [6.45, 7) is 4.02. The lowest BCUT2D eigenvalue weighted by atomic mass is 10.1. The first-order valence-corrected chi connectivity index (χ1v) is 11.9. The van der Waals surface area contributed by atoms with Crippen LogP contribution in [0.4, 0.5) is 0 Å². The second-order valence-electron chi connectivity index (χ2n) is 8.70. The summed E-state index contributed by atoms with van der Waals surface area (Å²) in [5.41, 5.74) is 3.95. The molecule has 1 N–H and O–H groups in total. The highest BCUT2D eigenvalue weighted by molar-refractivity contribution is 6.00. The highest BCUT2D eigenvalue weighted by Crippen LogP contribution is 2.27. The van der Waals surface area contributed by atoms with Gasteiger partial charge >= 0.3 is 0 Å². The Morgan fingerprint density at radius 3 is 2.74 bits per heavy atom. The predicted molar refractivity (Wildman–Crippen MR) is 132 cm³/mol. The monoisotopic (exact) mass is 460 g/mol. The van der Waals surface area contributed by atoms with Gasteiger partial charge in [0.15, 0.2) is 0 Å². The van der Waals surface area contributed by atoms with Gasteiger partial charge in [0.25, 0.3) is 5.91 Å². The van der Waals surface area contributed by atoms with Crippen molar-refractivity contribution in [3.05, 3.63) is 65.9 Å². The molecule has 34 heavy (non-hydrogen) atoms. The number of ether oxygens (including phenoxy) is 1. The third-order valence-corrected chi connectivity index (χ3v) is 6.16. The van der Waals surface area contributed by atoms with Gasteiger partial charge in [0.05, 0.1) is 18.4 Å². The van der Waals surface area contributed by atoms with Gasteiger partial charge in [0.2, 0.25) is 5.91 Å². The lowest BCUT2D eigenvalue weighted by molar-refractivity contribution is -0.130. The maximum absolute atomic E-state index is 13.2. The number of rotatable bonds is 8. The fraction of sp³-hybridized carbons (Fsp3) is 0.370. The summed E-state index contributed by atoms with van der Waals surface area (Å²) in [6, 6.07) is 15.6. The molecule has 4 rings (SSSR count). The zero-order chi connectivity index (χ0) is 23.9. The van der Waals surface area contributed by atoms with Crippen LogP contribution in [0.2, 0.25) is 0 Å². The lowest BCUT2D eigenvalue weighted by Crippen LogP contribution is -2.34. The summed E-state index contributed by atoms with van der Waals surface area (Å²) in [4.78, 5) is 27.3. The highest BCUT2D eigenvalue weighted by Gasteiger charge is 2.20. The number of methoxy groups -OCH3 is 1. The Balaban J connectivity index is 1.51. The van der Waals surface area contributed by atoms with E-state index in [-0.39, 0.29) is 11.8 Å². The zero-order valence-corrected chi connectivity index (χ0v) is 19.9. The van der Waals surface area contributed by atoms with E-state index in [2.05, 4.69) is 5.32 Å². The first-order valence-electron chi connectivity index (χ1n) is 11.9. The number of nitrogens with one attached hydrogen (secondary N) is 1. The van der Waals surface area contributed by atoms with Crippen LogP contribution in [0.25, 0.3) is 16.9 Å². The second kappa shape index (κ2) is 11.0. The Morgan fingerprint density at radius 1 is 1.12 bits per heavy atom. The molecule has 0 saturated carbocycles. The maximum atomic E-state index is 13.2. The standard InChI is InChI=1S/C27H32N4O3/c1-20-11-13-22(14-12-20)31-19-24(26(29-31)21-8-6-9-23(18-21)34-2)27(33)28-15-7-17-30-16-5-3-4-10-25(30)32/h6,8-9,11-14,18-19H,3-5,7,10,15-17H2,1-2H3,(H,28,33). The molecule has 1 saturated heterocycles. The van der Waals surface area contributed by atoms with Crippen LogP contribution in [-0.4, -0.2) is 53.2 Å². The van der Waals surface area contributed by atoms with Crippen LogP contribution < -0.4 is 10.1 Å². The molecule has 0 unspecified atom stereocenters. The first-order chi connectivity index (χ1) is 16.5. The summed E-state index contributed by atoms with van der Waals surface area (Å²) in [7, 11) is 1.62. The third kappa shape index (κ3) is 5.65. The number of carbonyl (C=O) groups excluding carboxylic acids is 2. The van der Waals surface area contributed by atoms with Gasteiger partial charge in [-0.2, -0.15) is 5.10 Å².